The lowest BCUT2D eigenvalue weighted by Gasteiger charge is -2.38. The Balaban J connectivity index is 1.54. The normalized spacial score (nSPS) is 23.1. The smallest absolute Gasteiger partial charge is 0.0315 e. The lowest BCUT2D eigenvalue weighted by atomic mass is 9.75. The van der Waals surface area contributed by atoms with Gasteiger partial charge in [-0.25, -0.2) is 0 Å². The number of benzene rings is 1. The molecular formula is C18H22N2. The van der Waals surface area contributed by atoms with Crippen LogP contribution in [-0.4, -0.2) is 11.0 Å². The van der Waals surface area contributed by atoms with E-state index in [1.165, 1.54) is 29.5 Å². The van der Waals surface area contributed by atoms with Crippen LogP contribution in [0.1, 0.15) is 48.4 Å². The van der Waals surface area contributed by atoms with Gasteiger partial charge in [0, 0.05) is 24.5 Å². The first-order valence-corrected chi connectivity index (χ1v) is 7.45. The number of nitrogens with one attached hydrogen (secondary N) is 1. The van der Waals surface area contributed by atoms with E-state index in [-0.39, 0.29) is 0 Å². The van der Waals surface area contributed by atoms with E-state index in [1.807, 2.05) is 18.5 Å². The summed E-state index contributed by atoms with van der Waals surface area (Å²) in [6.45, 7) is 4.39. The number of nitrogens with zero attached hydrogens (tertiary/aromatic N) is 1. The number of hydrogen-bond donors (Lipinski definition) is 1. The number of aryl methyl sites for hydroxylation is 1. The SMILES string of the molecule is Cc1cccc(C2CC(N[C@H](C)c3cccnc3)C2)c1. The van der Waals surface area contributed by atoms with Gasteiger partial charge in [-0.15, -0.1) is 0 Å². The maximum Gasteiger partial charge on any atom is 0.0315 e. The molecule has 1 atom stereocenters. The Morgan fingerprint density at radius 2 is 2.05 bits per heavy atom. The van der Waals surface area contributed by atoms with Gasteiger partial charge in [0.05, 0.1) is 0 Å². The van der Waals surface area contributed by atoms with E-state index >= 15 is 0 Å². The van der Waals surface area contributed by atoms with Gasteiger partial charge in [-0.3, -0.25) is 4.98 Å². The number of hydrogen-bond acceptors (Lipinski definition) is 2. The van der Waals surface area contributed by atoms with Crippen molar-refractivity contribution in [1.82, 2.24) is 10.3 Å². The molecule has 0 amide bonds. The average Bonchev–Trinajstić information content (AvgIpc) is 2.43. The van der Waals surface area contributed by atoms with Crippen molar-refractivity contribution < 1.29 is 0 Å². The minimum absolute atomic E-state index is 0.382. The Morgan fingerprint density at radius 3 is 2.75 bits per heavy atom. The maximum absolute atomic E-state index is 4.19. The summed E-state index contributed by atoms with van der Waals surface area (Å²) in [5.74, 6) is 0.730. The third kappa shape index (κ3) is 2.91. The minimum Gasteiger partial charge on any atom is -0.307 e. The fourth-order valence-electron chi connectivity index (χ4n) is 3.03. The van der Waals surface area contributed by atoms with Gasteiger partial charge in [0.2, 0.25) is 0 Å². The van der Waals surface area contributed by atoms with Gasteiger partial charge < -0.3 is 5.32 Å². The monoisotopic (exact) mass is 266 g/mol. The predicted molar refractivity (Wildman–Crippen MR) is 82.7 cm³/mol. The van der Waals surface area contributed by atoms with E-state index in [4.69, 9.17) is 0 Å². The zero-order valence-corrected chi connectivity index (χ0v) is 12.2. The van der Waals surface area contributed by atoms with Crippen molar-refractivity contribution >= 4 is 0 Å². The van der Waals surface area contributed by atoms with Gasteiger partial charge in [0.1, 0.15) is 0 Å². The van der Waals surface area contributed by atoms with Gasteiger partial charge in [0.25, 0.3) is 0 Å². The molecule has 1 fully saturated rings. The van der Waals surface area contributed by atoms with E-state index in [0.717, 1.165) is 5.92 Å². The second kappa shape index (κ2) is 5.76. The van der Waals surface area contributed by atoms with Crippen LogP contribution in [0.15, 0.2) is 48.8 Å². The number of aromatic nitrogens is 1. The molecule has 0 bridgehead atoms. The van der Waals surface area contributed by atoms with E-state index in [1.54, 1.807) is 0 Å². The van der Waals surface area contributed by atoms with Crippen molar-refractivity contribution in [2.24, 2.45) is 0 Å². The van der Waals surface area contributed by atoms with E-state index in [9.17, 15) is 0 Å². The van der Waals surface area contributed by atoms with Crippen LogP contribution in [0.25, 0.3) is 0 Å². The second-order valence-electron chi connectivity index (χ2n) is 5.95. The van der Waals surface area contributed by atoms with Crippen molar-refractivity contribution in [1.29, 1.82) is 0 Å². The predicted octanol–water partition coefficient (Wildman–Crippen LogP) is 3.99. The van der Waals surface area contributed by atoms with Crippen LogP contribution in [0.4, 0.5) is 0 Å². The first-order valence-electron chi connectivity index (χ1n) is 7.45. The van der Waals surface area contributed by atoms with Gasteiger partial charge in [0.15, 0.2) is 0 Å². The Bertz CT molecular complexity index is 559. The summed E-state index contributed by atoms with van der Waals surface area (Å²) in [5.41, 5.74) is 4.13. The Hall–Kier alpha value is -1.67. The zero-order valence-electron chi connectivity index (χ0n) is 12.2. The Kier molecular flexibility index (Phi) is 3.83. The van der Waals surface area contributed by atoms with Crippen LogP contribution in [0.2, 0.25) is 0 Å². The second-order valence-corrected chi connectivity index (χ2v) is 5.95. The molecule has 1 heterocycles. The molecule has 2 nitrogen and oxygen atoms in total. The summed E-state index contributed by atoms with van der Waals surface area (Å²) in [7, 11) is 0. The number of rotatable bonds is 4. The first-order chi connectivity index (χ1) is 9.72. The molecule has 2 aromatic rings. The Morgan fingerprint density at radius 1 is 1.20 bits per heavy atom. The van der Waals surface area contributed by atoms with Crippen molar-refractivity contribution in [2.45, 2.75) is 44.7 Å². The fourth-order valence-corrected chi connectivity index (χ4v) is 3.03. The van der Waals surface area contributed by atoms with Gasteiger partial charge in [-0.1, -0.05) is 35.9 Å². The molecule has 0 radical (unpaired) electrons. The third-order valence-electron chi connectivity index (χ3n) is 4.32. The van der Waals surface area contributed by atoms with Crippen LogP contribution in [0.5, 0.6) is 0 Å². The molecule has 1 aromatic heterocycles. The van der Waals surface area contributed by atoms with Crippen LogP contribution in [-0.2, 0) is 0 Å². The quantitative estimate of drug-likeness (QED) is 0.905. The average molecular weight is 266 g/mol. The molecular weight excluding hydrogens is 244 g/mol. The summed E-state index contributed by atoms with van der Waals surface area (Å²) in [6, 6.07) is 14.1. The summed E-state index contributed by atoms with van der Waals surface area (Å²) >= 11 is 0. The van der Waals surface area contributed by atoms with Crippen LogP contribution < -0.4 is 5.32 Å². The summed E-state index contributed by atoms with van der Waals surface area (Å²) in [6.07, 6.45) is 6.27. The molecule has 0 aliphatic heterocycles. The standard InChI is InChI=1S/C18H22N2/c1-13-5-3-6-15(9-13)17-10-18(11-17)20-14(2)16-7-4-8-19-12-16/h3-9,12,14,17-18,20H,10-11H2,1-2H3/t14-,17?,18?/m1/s1. The van der Waals surface area contributed by atoms with Crippen molar-refractivity contribution in [3.8, 4) is 0 Å². The first kappa shape index (κ1) is 13.3. The minimum atomic E-state index is 0.382. The summed E-state index contributed by atoms with van der Waals surface area (Å²) in [4.78, 5) is 4.19. The van der Waals surface area contributed by atoms with E-state index in [0.29, 0.717) is 12.1 Å². The fraction of sp³-hybridized carbons (Fsp3) is 0.389. The molecule has 20 heavy (non-hydrogen) atoms. The molecule has 3 rings (SSSR count). The lowest BCUT2D eigenvalue weighted by molar-refractivity contribution is 0.270. The van der Waals surface area contributed by atoms with Gasteiger partial charge >= 0.3 is 0 Å². The van der Waals surface area contributed by atoms with Crippen LogP contribution in [0.3, 0.4) is 0 Å². The van der Waals surface area contributed by atoms with Crippen molar-refractivity contribution in [3.63, 3.8) is 0 Å². The van der Waals surface area contributed by atoms with Gasteiger partial charge in [-0.2, -0.15) is 0 Å². The molecule has 2 heteroatoms. The largest absolute Gasteiger partial charge is 0.307 e. The molecule has 1 aromatic carbocycles. The molecule has 1 N–H and O–H groups in total. The van der Waals surface area contributed by atoms with Crippen molar-refractivity contribution in [2.75, 3.05) is 0 Å². The molecule has 1 aliphatic rings. The molecule has 104 valence electrons. The van der Waals surface area contributed by atoms with Crippen LogP contribution >= 0.6 is 0 Å². The lowest BCUT2D eigenvalue weighted by Crippen LogP contribution is -2.41. The summed E-state index contributed by atoms with van der Waals surface area (Å²) < 4.78 is 0. The highest BCUT2D eigenvalue weighted by Gasteiger charge is 2.31. The topological polar surface area (TPSA) is 24.9 Å². The van der Waals surface area contributed by atoms with Crippen LogP contribution in [0, 0.1) is 6.92 Å². The number of pyridine rings is 1. The van der Waals surface area contributed by atoms with E-state index in [2.05, 4.69) is 54.5 Å². The molecule has 0 spiro atoms. The van der Waals surface area contributed by atoms with E-state index < -0.39 is 0 Å². The highest BCUT2D eigenvalue weighted by molar-refractivity contribution is 5.28. The molecule has 1 saturated carbocycles. The van der Waals surface area contributed by atoms with Gasteiger partial charge in [-0.05, 0) is 49.8 Å². The molecule has 0 saturated heterocycles. The molecule has 1 aliphatic carbocycles. The highest BCUT2D eigenvalue weighted by Crippen LogP contribution is 2.38. The Labute approximate surface area is 121 Å². The third-order valence-corrected chi connectivity index (χ3v) is 4.32. The van der Waals surface area contributed by atoms with Crippen molar-refractivity contribution in [3.05, 3.63) is 65.5 Å². The summed E-state index contributed by atoms with van der Waals surface area (Å²) in [5, 5.41) is 3.71. The maximum atomic E-state index is 4.19. The zero-order chi connectivity index (χ0) is 13.9. The highest BCUT2D eigenvalue weighted by atomic mass is 15.0. The molecule has 0 unspecified atom stereocenters.